The molecule has 1 aromatic rings. The van der Waals surface area contributed by atoms with Crippen LogP contribution in [0.1, 0.15) is 51.2 Å². The number of carbonyl (C=O) groups excluding carboxylic acids is 1. The molecular formula is C21H35IN4O. The number of nitrogens with zero attached hydrogens (tertiary/aromatic N) is 2. The molecule has 1 aliphatic rings. The molecule has 1 saturated carbocycles. The Morgan fingerprint density at radius 3 is 2.37 bits per heavy atom. The number of halogens is 1. The Morgan fingerprint density at radius 1 is 1.15 bits per heavy atom. The maximum Gasteiger partial charge on any atom is 0.224 e. The third-order valence-electron chi connectivity index (χ3n) is 5.20. The van der Waals surface area contributed by atoms with Crippen LogP contribution in [0.15, 0.2) is 29.3 Å². The van der Waals surface area contributed by atoms with Crippen LogP contribution in [0.4, 0.5) is 0 Å². The first-order chi connectivity index (χ1) is 12.6. The predicted molar refractivity (Wildman–Crippen MR) is 124 cm³/mol. The molecule has 0 heterocycles. The van der Waals surface area contributed by atoms with Gasteiger partial charge in [-0.2, -0.15) is 0 Å². The van der Waals surface area contributed by atoms with Crippen LogP contribution in [0.5, 0.6) is 0 Å². The number of rotatable bonds is 9. The van der Waals surface area contributed by atoms with Crippen LogP contribution in [-0.4, -0.2) is 49.5 Å². The second kappa shape index (κ2) is 11.5. The zero-order valence-electron chi connectivity index (χ0n) is 17.2. The molecule has 2 N–H and O–H groups in total. The molecule has 0 saturated heterocycles. The van der Waals surface area contributed by atoms with Gasteiger partial charge in [0, 0.05) is 38.0 Å². The fourth-order valence-electron chi connectivity index (χ4n) is 3.43. The highest BCUT2D eigenvalue weighted by molar-refractivity contribution is 14.0. The zero-order chi connectivity index (χ0) is 19.0. The average Bonchev–Trinajstić information content (AvgIpc) is 3.42. The standard InChI is InChI=1S/C21H34N4O.HI/c1-5-22-20(23-15-12-19(26)25(6-2)7-3)24-16-21(13-14-21)18-11-9-8-10-17(18)4;/h8-11H,5-7,12-16H2,1-4H3,(H2,22,23,24);1H. The molecule has 0 radical (unpaired) electrons. The lowest BCUT2D eigenvalue weighted by Crippen LogP contribution is -2.40. The molecule has 5 nitrogen and oxygen atoms in total. The highest BCUT2D eigenvalue weighted by Crippen LogP contribution is 2.49. The van der Waals surface area contributed by atoms with Crippen molar-refractivity contribution in [2.45, 2.75) is 52.4 Å². The van der Waals surface area contributed by atoms with Gasteiger partial charge in [0.15, 0.2) is 5.96 Å². The molecule has 152 valence electrons. The van der Waals surface area contributed by atoms with E-state index < -0.39 is 0 Å². The first-order valence-corrected chi connectivity index (χ1v) is 9.92. The maximum absolute atomic E-state index is 12.1. The van der Waals surface area contributed by atoms with Gasteiger partial charge in [-0.05, 0) is 51.7 Å². The molecule has 1 amide bonds. The molecule has 0 unspecified atom stereocenters. The van der Waals surface area contributed by atoms with Gasteiger partial charge < -0.3 is 15.5 Å². The Balaban J connectivity index is 0.00000364. The van der Waals surface area contributed by atoms with Crippen LogP contribution >= 0.6 is 24.0 Å². The van der Waals surface area contributed by atoms with E-state index in [2.05, 4.69) is 48.7 Å². The third kappa shape index (κ3) is 6.66. The van der Waals surface area contributed by atoms with Crippen LogP contribution in [0.2, 0.25) is 0 Å². The molecule has 1 fully saturated rings. The monoisotopic (exact) mass is 486 g/mol. The van der Waals surface area contributed by atoms with Crippen molar-refractivity contribution in [3.63, 3.8) is 0 Å². The molecule has 0 aliphatic heterocycles. The Labute approximate surface area is 181 Å². The lowest BCUT2D eigenvalue weighted by Gasteiger charge is -2.20. The topological polar surface area (TPSA) is 56.7 Å². The number of aliphatic imine (C=N–C) groups is 1. The summed E-state index contributed by atoms with van der Waals surface area (Å²) in [5.41, 5.74) is 2.98. The minimum Gasteiger partial charge on any atom is -0.357 e. The number of aryl methyl sites for hydroxylation is 1. The van der Waals surface area contributed by atoms with Gasteiger partial charge in [-0.1, -0.05) is 24.3 Å². The molecule has 0 bridgehead atoms. The summed E-state index contributed by atoms with van der Waals surface area (Å²) >= 11 is 0. The van der Waals surface area contributed by atoms with Crippen LogP contribution in [0.3, 0.4) is 0 Å². The highest BCUT2D eigenvalue weighted by Gasteiger charge is 2.44. The van der Waals surface area contributed by atoms with Crippen molar-refractivity contribution in [1.82, 2.24) is 15.5 Å². The van der Waals surface area contributed by atoms with E-state index in [1.807, 2.05) is 18.7 Å². The SMILES string of the molecule is CCNC(=NCC1(c2ccccc2C)CC1)NCCC(=O)N(CC)CC.I. The van der Waals surface area contributed by atoms with E-state index in [4.69, 9.17) is 4.99 Å². The molecule has 0 spiro atoms. The van der Waals surface area contributed by atoms with Gasteiger partial charge in [0.05, 0.1) is 6.54 Å². The van der Waals surface area contributed by atoms with Gasteiger partial charge in [-0.3, -0.25) is 9.79 Å². The summed E-state index contributed by atoms with van der Waals surface area (Å²) < 4.78 is 0. The summed E-state index contributed by atoms with van der Waals surface area (Å²) in [5, 5.41) is 6.61. The van der Waals surface area contributed by atoms with E-state index >= 15 is 0 Å². The largest absolute Gasteiger partial charge is 0.357 e. The van der Waals surface area contributed by atoms with Crippen molar-refractivity contribution >= 4 is 35.8 Å². The van der Waals surface area contributed by atoms with E-state index in [-0.39, 0.29) is 35.3 Å². The molecule has 27 heavy (non-hydrogen) atoms. The number of amides is 1. The fraction of sp³-hybridized carbons (Fsp3) is 0.619. The molecule has 1 aliphatic carbocycles. The minimum absolute atomic E-state index is 0. The Kier molecular flexibility index (Phi) is 10.1. The average molecular weight is 486 g/mol. The van der Waals surface area contributed by atoms with E-state index in [0.717, 1.165) is 32.1 Å². The fourth-order valence-corrected chi connectivity index (χ4v) is 3.43. The second-order valence-corrected chi connectivity index (χ2v) is 7.03. The van der Waals surface area contributed by atoms with Crippen molar-refractivity contribution in [2.75, 3.05) is 32.7 Å². The van der Waals surface area contributed by atoms with Gasteiger partial charge in [0.25, 0.3) is 0 Å². The van der Waals surface area contributed by atoms with E-state index in [9.17, 15) is 4.79 Å². The molecule has 6 heteroatoms. The Hall–Kier alpha value is -1.31. The lowest BCUT2D eigenvalue weighted by atomic mass is 9.92. The summed E-state index contributed by atoms with van der Waals surface area (Å²) in [7, 11) is 0. The first-order valence-electron chi connectivity index (χ1n) is 9.92. The van der Waals surface area contributed by atoms with Crippen molar-refractivity contribution in [3.8, 4) is 0 Å². The number of hydrogen-bond acceptors (Lipinski definition) is 2. The van der Waals surface area contributed by atoms with Gasteiger partial charge >= 0.3 is 0 Å². The van der Waals surface area contributed by atoms with Crippen molar-refractivity contribution in [2.24, 2.45) is 4.99 Å². The Bertz CT molecular complexity index is 624. The second-order valence-electron chi connectivity index (χ2n) is 7.03. The summed E-state index contributed by atoms with van der Waals surface area (Å²) in [6.07, 6.45) is 2.89. The number of guanidine groups is 1. The van der Waals surface area contributed by atoms with Gasteiger partial charge in [-0.25, -0.2) is 0 Å². The number of carbonyl (C=O) groups is 1. The van der Waals surface area contributed by atoms with Crippen LogP contribution in [0.25, 0.3) is 0 Å². The normalized spacial score (nSPS) is 14.9. The van der Waals surface area contributed by atoms with Gasteiger partial charge in [0.1, 0.15) is 0 Å². The Morgan fingerprint density at radius 2 is 1.81 bits per heavy atom. The van der Waals surface area contributed by atoms with Gasteiger partial charge in [0.2, 0.25) is 5.91 Å². The van der Waals surface area contributed by atoms with E-state index in [1.54, 1.807) is 0 Å². The summed E-state index contributed by atoms with van der Waals surface area (Å²) in [5.74, 6) is 0.997. The van der Waals surface area contributed by atoms with Crippen molar-refractivity contribution in [1.29, 1.82) is 0 Å². The van der Waals surface area contributed by atoms with E-state index in [1.165, 1.54) is 24.0 Å². The molecule has 0 atom stereocenters. The van der Waals surface area contributed by atoms with Crippen LogP contribution in [0, 0.1) is 6.92 Å². The number of nitrogens with one attached hydrogen (secondary N) is 2. The van der Waals surface area contributed by atoms with Crippen molar-refractivity contribution in [3.05, 3.63) is 35.4 Å². The highest BCUT2D eigenvalue weighted by atomic mass is 127. The smallest absolute Gasteiger partial charge is 0.224 e. The zero-order valence-corrected chi connectivity index (χ0v) is 19.5. The summed E-state index contributed by atoms with van der Waals surface area (Å²) in [6, 6.07) is 8.63. The van der Waals surface area contributed by atoms with E-state index in [0.29, 0.717) is 13.0 Å². The van der Waals surface area contributed by atoms with Gasteiger partial charge in [-0.15, -0.1) is 24.0 Å². The van der Waals surface area contributed by atoms with Crippen LogP contribution < -0.4 is 10.6 Å². The first kappa shape index (κ1) is 23.7. The number of benzene rings is 1. The minimum atomic E-state index is 0. The molecule has 0 aromatic heterocycles. The molecular weight excluding hydrogens is 451 g/mol. The summed E-state index contributed by atoms with van der Waals surface area (Å²) in [4.78, 5) is 18.8. The van der Waals surface area contributed by atoms with Crippen LogP contribution in [-0.2, 0) is 10.2 Å². The number of hydrogen-bond donors (Lipinski definition) is 2. The van der Waals surface area contributed by atoms with Crippen molar-refractivity contribution < 1.29 is 4.79 Å². The predicted octanol–water partition coefficient (Wildman–Crippen LogP) is 3.46. The summed E-state index contributed by atoms with van der Waals surface area (Å²) in [6.45, 7) is 12.0. The third-order valence-corrected chi connectivity index (χ3v) is 5.20. The molecule has 2 rings (SSSR count). The maximum atomic E-state index is 12.1. The molecule has 1 aromatic carbocycles. The lowest BCUT2D eigenvalue weighted by molar-refractivity contribution is -0.130. The quantitative estimate of drug-likeness (QED) is 0.320.